The Bertz CT molecular complexity index is 790. The van der Waals surface area contributed by atoms with Gasteiger partial charge in [-0.05, 0) is 30.5 Å². The van der Waals surface area contributed by atoms with Crippen LogP contribution < -0.4 is 20.1 Å². The summed E-state index contributed by atoms with van der Waals surface area (Å²) in [5, 5.41) is 10.6. The highest BCUT2D eigenvalue weighted by atomic mass is 16.5. The van der Waals surface area contributed by atoms with Crippen LogP contribution in [0.2, 0.25) is 0 Å². The zero-order chi connectivity index (χ0) is 19.9. The molecule has 2 N–H and O–H groups in total. The molecule has 1 aromatic carbocycles. The highest BCUT2D eigenvalue weighted by Crippen LogP contribution is 2.33. The summed E-state index contributed by atoms with van der Waals surface area (Å²) in [4.78, 5) is 12.9. The van der Waals surface area contributed by atoms with Crippen molar-refractivity contribution in [3.63, 3.8) is 0 Å². The number of hydrogen-bond donors (Lipinski definition) is 2. The Morgan fingerprint density at radius 1 is 1.21 bits per heavy atom. The average Bonchev–Trinajstić information content (AvgIpc) is 3.34. The van der Waals surface area contributed by atoms with Gasteiger partial charge in [-0.1, -0.05) is 13.8 Å². The molecule has 7 nitrogen and oxygen atoms in total. The molecule has 2 atom stereocenters. The van der Waals surface area contributed by atoms with Crippen LogP contribution in [0.1, 0.15) is 38.2 Å². The molecular formula is C21H30N4O3. The van der Waals surface area contributed by atoms with Gasteiger partial charge in [0.2, 0.25) is 5.91 Å². The molecule has 1 amide bonds. The Hall–Kier alpha value is -2.54. The minimum Gasteiger partial charge on any atom is -0.490 e. The van der Waals surface area contributed by atoms with Crippen LogP contribution in [0.15, 0.2) is 30.6 Å². The number of amides is 1. The van der Waals surface area contributed by atoms with Gasteiger partial charge >= 0.3 is 0 Å². The molecule has 7 heteroatoms. The summed E-state index contributed by atoms with van der Waals surface area (Å²) in [6.07, 6.45) is 5.66. The minimum atomic E-state index is -0.139. The molecule has 0 unspecified atom stereocenters. The van der Waals surface area contributed by atoms with Gasteiger partial charge in [-0.25, -0.2) is 0 Å². The van der Waals surface area contributed by atoms with Crippen LogP contribution >= 0.6 is 0 Å². The van der Waals surface area contributed by atoms with Crippen LogP contribution in [-0.2, 0) is 11.8 Å². The molecule has 0 spiro atoms. The van der Waals surface area contributed by atoms with Gasteiger partial charge in [-0.15, -0.1) is 0 Å². The molecule has 1 saturated heterocycles. The fourth-order valence-electron chi connectivity index (χ4n) is 3.41. The summed E-state index contributed by atoms with van der Waals surface area (Å²) in [5.74, 6) is 1.37. The first-order valence-electron chi connectivity index (χ1n) is 10.0. The molecule has 1 fully saturated rings. The molecule has 2 heterocycles. The molecule has 1 aliphatic rings. The predicted molar refractivity (Wildman–Crippen MR) is 109 cm³/mol. The van der Waals surface area contributed by atoms with E-state index < -0.39 is 0 Å². The van der Waals surface area contributed by atoms with Crippen LogP contribution in [0.25, 0.3) is 0 Å². The van der Waals surface area contributed by atoms with Crippen molar-refractivity contribution in [1.29, 1.82) is 0 Å². The standard InChI is InChI=1S/C21H30N4O3/c1-4-8-27-19-7-6-16(10-20(19)28-9-5-2)24-21(26)18-13-22-12-17(18)15-11-23-25(3)14-15/h6-7,10-11,14,17-18,22H,4-5,8-9,12-13H2,1-3H3,(H,24,26)/t17-,18+/m1/s1. The zero-order valence-corrected chi connectivity index (χ0v) is 16.9. The lowest BCUT2D eigenvalue weighted by molar-refractivity contribution is -0.119. The van der Waals surface area contributed by atoms with E-state index in [0.717, 1.165) is 30.6 Å². The Labute approximate surface area is 166 Å². The van der Waals surface area contributed by atoms with Crippen LogP contribution in [0.4, 0.5) is 5.69 Å². The second-order valence-electron chi connectivity index (χ2n) is 7.17. The van der Waals surface area contributed by atoms with Gasteiger partial charge in [0.1, 0.15) is 0 Å². The number of ether oxygens (including phenoxy) is 2. The summed E-state index contributed by atoms with van der Waals surface area (Å²) in [6.45, 7) is 6.80. The molecule has 0 saturated carbocycles. The SMILES string of the molecule is CCCOc1ccc(NC(=O)[C@H]2CNC[C@@H]2c2cnn(C)c2)cc1OCCC. The van der Waals surface area contributed by atoms with E-state index in [1.54, 1.807) is 4.68 Å². The largest absolute Gasteiger partial charge is 0.490 e. The molecule has 152 valence electrons. The third-order valence-electron chi connectivity index (χ3n) is 4.84. The van der Waals surface area contributed by atoms with Crippen LogP contribution in [0.3, 0.4) is 0 Å². The first-order chi connectivity index (χ1) is 13.6. The molecule has 2 aromatic rings. The number of carbonyl (C=O) groups is 1. The van der Waals surface area contributed by atoms with Gasteiger partial charge < -0.3 is 20.1 Å². The van der Waals surface area contributed by atoms with E-state index in [4.69, 9.17) is 9.47 Å². The van der Waals surface area contributed by atoms with E-state index in [2.05, 4.69) is 29.6 Å². The average molecular weight is 386 g/mol. The lowest BCUT2D eigenvalue weighted by atomic mass is 9.90. The van der Waals surface area contributed by atoms with Crippen LogP contribution in [0, 0.1) is 5.92 Å². The van der Waals surface area contributed by atoms with Crippen molar-refractivity contribution < 1.29 is 14.3 Å². The number of hydrogen-bond acceptors (Lipinski definition) is 5. The van der Waals surface area contributed by atoms with Crippen molar-refractivity contribution in [1.82, 2.24) is 15.1 Å². The first kappa shape index (κ1) is 20.2. The molecule has 0 bridgehead atoms. The zero-order valence-electron chi connectivity index (χ0n) is 16.9. The number of nitrogens with zero attached hydrogens (tertiary/aromatic N) is 2. The van der Waals surface area contributed by atoms with Crippen molar-refractivity contribution in [2.45, 2.75) is 32.6 Å². The van der Waals surface area contributed by atoms with Crippen molar-refractivity contribution in [3.8, 4) is 11.5 Å². The van der Waals surface area contributed by atoms with E-state index in [1.807, 2.05) is 37.6 Å². The Balaban J connectivity index is 1.71. The van der Waals surface area contributed by atoms with Gasteiger partial charge in [0.05, 0.1) is 25.3 Å². The number of aromatic nitrogens is 2. The van der Waals surface area contributed by atoms with Gasteiger partial charge in [-0.3, -0.25) is 9.48 Å². The summed E-state index contributed by atoms with van der Waals surface area (Å²) < 4.78 is 13.4. The fourth-order valence-corrected chi connectivity index (χ4v) is 3.41. The number of benzene rings is 1. The van der Waals surface area contributed by atoms with Gasteiger partial charge in [0.15, 0.2) is 11.5 Å². The van der Waals surface area contributed by atoms with Crippen molar-refractivity contribution in [2.24, 2.45) is 13.0 Å². The number of carbonyl (C=O) groups excluding carboxylic acids is 1. The second kappa shape index (κ2) is 9.59. The van der Waals surface area contributed by atoms with E-state index in [9.17, 15) is 4.79 Å². The molecule has 3 rings (SSSR count). The summed E-state index contributed by atoms with van der Waals surface area (Å²) in [5.41, 5.74) is 1.81. The summed E-state index contributed by atoms with van der Waals surface area (Å²) >= 11 is 0. The molecule has 0 radical (unpaired) electrons. The van der Waals surface area contributed by atoms with Gasteiger partial charge in [0, 0.05) is 44.0 Å². The van der Waals surface area contributed by atoms with Gasteiger partial charge in [-0.2, -0.15) is 5.10 Å². The molecule has 0 aliphatic carbocycles. The number of aryl methyl sites for hydroxylation is 1. The highest BCUT2D eigenvalue weighted by Gasteiger charge is 2.34. The smallest absolute Gasteiger partial charge is 0.229 e. The summed E-state index contributed by atoms with van der Waals surface area (Å²) in [7, 11) is 1.89. The van der Waals surface area contributed by atoms with E-state index in [1.165, 1.54) is 0 Å². The van der Waals surface area contributed by atoms with Crippen LogP contribution in [0.5, 0.6) is 11.5 Å². The number of anilines is 1. The minimum absolute atomic E-state index is 0.00233. The number of nitrogens with one attached hydrogen (secondary N) is 2. The third-order valence-corrected chi connectivity index (χ3v) is 4.84. The Morgan fingerprint density at radius 2 is 1.96 bits per heavy atom. The van der Waals surface area contributed by atoms with E-state index in [-0.39, 0.29) is 17.7 Å². The topological polar surface area (TPSA) is 77.4 Å². The molecule has 28 heavy (non-hydrogen) atoms. The van der Waals surface area contributed by atoms with E-state index in [0.29, 0.717) is 31.3 Å². The lowest BCUT2D eigenvalue weighted by Gasteiger charge is -2.18. The number of rotatable bonds is 9. The first-order valence-corrected chi connectivity index (χ1v) is 10.0. The van der Waals surface area contributed by atoms with Crippen molar-refractivity contribution in [2.75, 3.05) is 31.6 Å². The highest BCUT2D eigenvalue weighted by molar-refractivity contribution is 5.94. The van der Waals surface area contributed by atoms with Gasteiger partial charge in [0.25, 0.3) is 0 Å². The normalized spacial score (nSPS) is 18.8. The monoisotopic (exact) mass is 386 g/mol. The predicted octanol–water partition coefficient (Wildman–Crippen LogP) is 2.94. The quantitative estimate of drug-likeness (QED) is 0.693. The maximum atomic E-state index is 12.9. The fraction of sp³-hybridized carbons (Fsp3) is 0.524. The Morgan fingerprint density at radius 3 is 2.64 bits per heavy atom. The maximum Gasteiger partial charge on any atom is 0.229 e. The lowest BCUT2D eigenvalue weighted by Crippen LogP contribution is -2.28. The Kier molecular flexibility index (Phi) is 6.92. The van der Waals surface area contributed by atoms with Crippen molar-refractivity contribution >= 4 is 11.6 Å². The summed E-state index contributed by atoms with van der Waals surface area (Å²) in [6, 6.07) is 5.57. The third kappa shape index (κ3) is 4.84. The molecular weight excluding hydrogens is 356 g/mol. The second-order valence-corrected chi connectivity index (χ2v) is 7.17. The molecule has 1 aromatic heterocycles. The molecule has 1 aliphatic heterocycles. The maximum absolute atomic E-state index is 12.9. The van der Waals surface area contributed by atoms with Crippen molar-refractivity contribution in [3.05, 3.63) is 36.2 Å². The van der Waals surface area contributed by atoms with Crippen LogP contribution in [-0.4, -0.2) is 42.0 Å². The van der Waals surface area contributed by atoms with E-state index >= 15 is 0 Å².